The van der Waals surface area contributed by atoms with Crippen molar-refractivity contribution in [1.82, 2.24) is 0 Å². The maximum Gasteiger partial charge on any atom is 1.00 e. The van der Waals surface area contributed by atoms with Crippen LogP contribution in [0.25, 0.3) is 0 Å². The second kappa shape index (κ2) is 10.1. The summed E-state index contributed by atoms with van der Waals surface area (Å²) in [6, 6.07) is 0. The molecule has 0 rings (SSSR count). The Bertz CT molecular complexity index is 117. The van der Waals surface area contributed by atoms with Crippen LogP contribution in [0.2, 0.25) is 0 Å². The van der Waals surface area contributed by atoms with E-state index in [4.69, 9.17) is 5.11 Å². The van der Waals surface area contributed by atoms with E-state index in [1.807, 2.05) is 0 Å². The summed E-state index contributed by atoms with van der Waals surface area (Å²) in [6.07, 6.45) is 2.64. The molecule has 0 aliphatic carbocycles. The van der Waals surface area contributed by atoms with Crippen molar-refractivity contribution in [1.29, 1.82) is 0 Å². The third-order valence-electron chi connectivity index (χ3n) is 1.54. The molecule has 0 bridgehead atoms. The molecular weight excluding hydrogens is 183 g/mol. The number of aliphatic hydroxyl groups is 1. The molecule has 3 nitrogen and oxygen atoms in total. The Hall–Kier alpha value is 1.07. The molecule has 0 fully saturated rings. The third-order valence-corrected chi connectivity index (χ3v) is 1.54. The average Bonchev–Trinajstić information content (AvgIpc) is 1.86. The minimum atomic E-state index is -1.17. The zero-order chi connectivity index (χ0) is 8.69. The fourth-order valence-electron chi connectivity index (χ4n) is 0.924. The van der Waals surface area contributed by atoms with Gasteiger partial charge in [-0.1, -0.05) is 26.2 Å². The van der Waals surface area contributed by atoms with Gasteiger partial charge in [-0.3, -0.25) is 0 Å². The van der Waals surface area contributed by atoms with Gasteiger partial charge in [-0.25, -0.2) is 0 Å². The quantitative estimate of drug-likeness (QED) is 0.367. The molecular formula is C8H15KO3. The maximum atomic E-state index is 9.97. The van der Waals surface area contributed by atoms with Crippen molar-refractivity contribution in [2.24, 2.45) is 0 Å². The van der Waals surface area contributed by atoms with Crippen LogP contribution in [0.4, 0.5) is 0 Å². The molecule has 0 aliphatic rings. The summed E-state index contributed by atoms with van der Waals surface area (Å²) in [5.41, 5.74) is 0. The Morgan fingerprint density at radius 1 is 1.50 bits per heavy atom. The van der Waals surface area contributed by atoms with E-state index in [0.29, 0.717) is 6.42 Å². The number of unbranched alkanes of at least 4 members (excludes halogenated alkanes) is 2. The van der Waals surface area contributed by atoms with Gasteiger partial charge < -0.3 is 15.0 Å². The van der Waals surface area contributed by atoms with Crippen molar-refractivity contribution in [2.75, 3.05) is 0 Å². The first-order chi connectivity index (χ1) is 5.16. The molecule has 0 amide bonds. The standard InChI is InChI=1S/C8H16O3.K/c1-2-3-4-5-7(9)6-8(10)11;/h7,9H,2-6H2,1H3,(H,10,11);/q;+1/p-1. The number of carbonyl (C=O) groups excluding carboxylic acids is 1. The fourth-order valence-corrected chi connectivity index (χ4v) is 0.924. The topological polar surface area (TPSA) is 60.4 Å². The molecule has 1 unspecified atom stereocenters. The van der Waals surface area contributed by atoms with E-state index >= 15 is 0 Å². The van der Waals surface area contributed by atoms with Gasteiger partial charge in [0.25, 0.3) is 0 Å². The van der Waals surface area contributed by atoms with Crippen LogP contribution >= 0.6 is 0 Å². The van der Waals surface area contributed by atoms with Gasteiger partial charge in [0.2, 0.25) is 0 Å². The van der Waals surface area contributed by atoms with Crippen molar-refractivity contribution < 1.29 is 66.4 Å². The van der Waals surface area contributed by atoms with Crippen LogP contribution in [0, 0.1) is 0 Å². The third kappa shape index (κ3) is 11.1. The van der Waals surface area contributed by atoms with Crippen LogP contribution in [0.1, 0.15) is 39.0 Å². The number of rotatable bonds is 6. The van der Waals surface area contributed by atoms with Gasteiger partial charge >= 0.3 is 51.4 Å². The summed E-state index contributed by atoms with van der Waals surface area (Å²) in [4.78, 5) is 9.97. The van der Waals surface area contributed by atoms with Crippen molar-refractivity contribution in [3.8, 4) is 0 Å². The Kier molecular flexibility index (Phi) is 13.1. The second-order valence-electron chi connectivity index (χ2n) is 2.73. The van der Waals surface area contributed by atoms with E-state index < -0.39 is 12.1 Å². The first kappa shape index (κ1) is 15.5. The van der Waals surface area contributed by atoms with E-state index in [1.54, 1.807) is 0 Å². The fraction of sp³-hybridized carbons (Fsp3) is 0.875. The SMILES string of the molecule is CCCCCC(O)CC(=O)[O-].[K+]. The second-order valence-corrected chi connectivity index (χ2v) is 2.73. The summed E-state index contributed by atoms with van der Waals surface area (Å²) in [5.74, 6) is -1.17. The van der Waals surface area contributed by atoms with Gasteiger partial charge in [-0.2, -0.15) is 0 Å². The first-order valence-corrected chi connectivity index (χ1v) is 4.04. The molecule has 0 aromatic heterocycles. The van der Waals surface area contributed by atoms with Crippen molar-refractivity contribution >= 4 is 5.97 Å². The van der Waals surface area contributed by atoms with E-state index in [0.717, 1.165) is 19.3 Å². The zero-order valence-corrected chi connectivity index (χ0v) is 11.0. The van der Waals surface area contributed by atoms with Crippen LogP contribution in [-0.4, -0.2) is 17.2 Å². The van der Waals surface area contributed by atoms with Crippen LogP contribution in [0.5, 0.6) is 0 Å². The number of hydrogen-bond acceptors (Lipinski definition) is 3. The normalized spacial score (nSPS) is 11.8. The number of carboxylic acid groups (broad SMARTS) is 1. The van der Waals surface area contributed by atoms with Crippen molar-refractivity contribution in [3.63, 3.8) is 0 Å². The van der Waals surface area contributed by atoms with Crippen LogP contribution in [0.3, 0.4) is 0 Å². The van der Waals surface area contributed by atoms with Gasteiger partial charge in [0.1, 0.15) is 0 Å². The molecule has 0 saturated heterocycles. The Balaban J connectivity index is 0. The summed E-state index contributed by atoms with van der Waals surface area (Å²) in [7, 11) is 0. The van der Waals surface area contributed by atoms with Crippen LogP contribution in [-0.2, 0) is 4.79 Å². The number of aliphatic hydroxyl groups excluding tert-OH is 1. The summed E-state index contributed by atoms with van der Waals surface area (Å²) >= 11 is 0. The predicted molar refractivity (Wildman–Crippen MR) is 39.8 cm³/mol. The Morgan fingerprint density at radius 3 is 2.50 bits per heavy atom. The van der Waals surface area contributed by atoms with E-state index in [2.05, 4.69) is 6.92 Å². The molecule has 0 saturated carbocycles. The van der Waals surface area contributed by atoms with E-state index in [-0.39, 0.29) is 57.8 Å². The summed E-state index contributed by atoms with van der Waals surface area (Å²) in [6.45, 7) is 2.06. The van der Waals surface area contributed by atoms with Crippen molar-refractivity contribution in [3.05, 3.63) is 0 Å². The number of carboxylic acids is 1. The van der Waals surface area contributed by atoms with Gasteiger partial charge in [0.05, 0.1) is 6.10 Å². The minimum absolute atomic E-state index is 0. The van der Waals surface area contributed by atoms with Crippen molar-refractivity contribution in [2.45, 2.75) is 45.1 Å². The van der Waals surface area contributed by atoms with E-state index in [9.17, 15) is 9.90 Å². The molecule has 66 valence electrons. The average molecular weight is 198 g/mol. The number of hydrogen-bond donors (Lipinski definition) is 1. The molecule has 0 spiro atoms. The zero-order valence-electron chi connectivity index (χ0n) is 7.88. The van der Waals surface area contributed by atoms with Crippen LogP contribution < -0.4 is 56.5 Å². The van der Waals surface area contributed by atoms with Crippen LogP contribution in [0.15, 0.2) is 0 Å². The number of aliphatic carboxylic acids is 1. The molecule has 0 radical (unpaired) electrons. The molecule has 0 heterocycles. The maximum absolute atomic E-state index is 9.97. The largest absolute Gasteiger partial charge is 1.00 e. The summed E-state index contributed by atoms with van der Waals surface area (Å²) < 4.78 is 0. The minimum Gasteiger partial charge on any atom is -0.550 e. The molecule has 4 heteroatoms. The smallest absolute Gasteiger partial charge is 0.550 e. The first-order valence-electron chi connectivity index (χ1n) is 4.04. The van der Waals surface area contributed by atoms with Gasteiger partial charge in [-0.15, -0.1) is 0 Å². The predicted octanol–water partition coefficient (Wildman–Crippen LogP) is -2.93. The monoisotopic (exact) mass is 198 g/mol. The molecule has 1 atom stereocenters. The van der Waals surface area contributed by atoms with E-state index in [1.165, 1.54) is 0 Å². The van der Waals surface area contributed by atoms with Gasteiger partial charge in [0.15, 0.2) is 0 Å². The molecule has 12 heavy (non-hydrogen) atoms. The number of carbonyl (C=O) groups is 1. The van der Waals surface area contributed by atoms with Gasteiger partial charge in [-0.05, 0) is 6.42 Å². The Morgan fingerprint density at radius 2 is 2.08 bits per heavy atom. The van der Waals surface area contributed by atoms with Gasteiger partial charge in [0, 0.05) is 12.4 Å². The molecule has 0 aromatic carbocycles. The molecule has 0 aliphatic heterocycles. The molecule has 0 aromatic rings. The Labute approximate surface area is 116 Å². The molecule has 1 N–H and O–H groups in total. The summed E-state index contributed by atoms with van der Waals surface area (Å²) in [5, 5.41) is 19.0.